The lowest BCUT2D eigenvalue weighted by Crippen LogP contribution is -2.53. The van der Waals surface area contributed by atoms with Crippen molar-refractivity contribution in [2.75, 3.05) is 23.7 Å². The zero-order chi connectivity index (χ0) is 28.4. The number of sulfonamides is 1. The van der Waals surface area contributed by atoms with Gasteiger partial charge in [0.25, 0.3) is 0 Å². The van der Waals surface area contributed by atoms with Crippen molar-refractivity contribution < 1.29 is 18.0 Å². The number of hydrogen-bond donors (Lipinski definition) is 1. The van der Waals surface area contributed by atoms with E-state index in [1.54, 1.807) is 24.3 Å². The summed E-state index contributed by atoms with van der Waals surface area (Å²) in [6, 6.07) is 22.8. The van der Waals surface area contributed by atoms with Gasteiger partial charge in [0.1, 0.15) is 12.6 Å². The molecule has 39 heavy (non-hydrogen) atoms. The number of nitrogens with one attached hydrogen (secondary N) is 1. The highest BCUT2D eigenvalue weighted by Gasteiger charge is 2.33. The fourth-order valence-corrected chi connectivity index (χ4v) is 5.35. The van der Waals surface area contributed by atoms with Crippen LogP contribution in [0.3, 0.4) is 0 Å². The van der Waals surface area contributed by atoms with Crippen molar-refractivity contribution >= 4 is 39.1 Å². The molecule has 3 aromatic rings. The van der Waals surface area contributed by atoms with Gasteiger partial charge in [0.2, 0.25) is 21.8 Å². The Kier molecular flexibility index (Phi) is 10.9. The molecule has 0 aromatic heterocycles. The fraction of sp³-hybridized carbons (Fsp3) is 0.333. The molecule has 1 N–H and O–H groups in total. The van der Waals surface area contributed by atoms with E-state index in [0.29, 0.717) is 6.54 Å². The molecule has 3 rings (SSSR count). The van der Waals surface area contributed by atoms with E-state index in [-0.39, 0.29) is 29.6 Å². The highest BCUT2D eigenvalue weighted by Crippen LogP contribution is 2.27. The van der Waals surface area contributed by atoms with E-state index < -0.39 is 28.5 Å². The number of hydrogen-bond acceptors (Lipinski definition) is 4. The molecule has 1 atom stereocenters. The molecule has 0 heterocycles. The molecule has 9 heteroatoms. The number of unbranched alkanes of at least 4 members (excludes halogenated alkanes) is 1. The molecule has 0 saturated heterocycles. The van der Waals surface area contributed by atoms with Crippen molar-refractivity contribution in [3.05, 3.63) is 101 Å². The fourth-order valence-electron chi connectivity index (χ4n) is 4.20. The van der Waals surface area contributed by atoms with E-state index in [4.69, 9.17) is 11.6 Å². The number of carbonyl (C=O) groups excluding carboxylic acids is 2. The molecule has 0 unspecified atom stereocenters. The van der Waals surface area contributed by atoms with Crippen molar-refractivity contribution in [1.29, 1.82) is 0 Å². The normalized spacial score (nSPS) is 12.0. The molecule has 0 aliphatic carbocycles. The minimum absolute atomic E-state index is 0.137. The molecular formula is C30H36ClN3O4S. The molecule has 208 valence electrons. The van der Waals surface area contributed by atoms with E-state index in [0.717, 1.165) is 40.1 Å². The van der Waals surface area contributed by atoms with Gasteiger partial charge in [0, 0.05) is 19.5 Å². The first-order chi connectivity index (χ1) is 18.6. The molecule has 0 radical (unpaired) electrons. The number of benzene rings is 3. The van der Waals surface area contributed by atoms with Gasteiger partial charge in [-0.3, -0.25) is 13.9 Å². The Morgan fingerprint density at radius 1 is 0.923 bits per heavy atom. The summed E-state index contributed by atoms with van der Waals surface area (Å²) in [5.74, 6) is -0.788. The van der Waals surface area contributed by atoms with Crippen LogP contribution >= 0.6 is 11.6 Å². The van der Waals surface area contributed by atoms with Gasteiger partial charge in [0.15, 0.2) is 0 Å². The summed E-state index contributed by atoms with van der Waals surface area (Å²) in [6.45, 7) is 4.14. The molecule has 2 amide bonds. The van der Waals surface area contributed by atoms with Gasteiger partial charge in [-0.2, -0.15) is 0 Å². The van der Waals surface area contributed by atoms with E-state index in [2.05, 4.69) is 5.32 Å². The summed E-state index contributed by atoms with van der Waals surface area (Å²) in [5.41, 5.74) is 2.99. The number of rotatable bonds is 13. The van der Waals surface area contributed by atoms with Crippen molar-refractivity contribution in [3.8, 4) is 0 Å². The second-order valence-electron chi connectivity index (χ2n) is 9.58. The van der Waals surface area contributed by atoms with Gasteiger partial charge in [0.05, 0.1) is 17.0 Å². The molecule has 0 aliphatic rings. The largest absolute Gasteiger partial charge is 0.354 e. The summed E-state index contributed by atoms with van der Waals surface area (Å²) >= 11 is 6.33. The standard InChI is InChI=1S/C30H36ClN3O4S/c1-4-5-19-32-30(36)28(20-24-11-7-6-8-12-24)33(21-25-17-15-23(2)16-18-25)29(35)22-34(39(3,37)38)27-14-10-9-13-26(27)31/h6-18,28H,4-5,19-22H2,1-3H3,(H,32,36)/t28-/m1/s1. The maximum Gasteiger partial charge on any atom is 0.244 e. The SMILES string of the molecule is CCCCNC(=O)[C@@H](Cc1ccccc1)N(Cc1ccc(C)cc1)C(=O)CN(c1ccccc1Cl)S(C)(=O)=O. The smallest absolute Gasteiger partial charge is 0.244 e. The summed E-state index contributed by atoms with van der Waals surface area (Å²) < 4.78 is 26.6. The number of anilines is 1. The molecule has 0 fully saturated rings. The third-order valence-corrected chi connectivity index (χ3v) is 7.82. The lowest BCUT2D eigenvalue weighted by Gasteiger charge is -2.33. The Bertz CT molecular complexity index is 1350. The average Bonchev–Trinajstić information content (AvgIpc) is 2.91. The van der Waals surface area contributed by atoms with Crippen LogP contribution in [0.25, 0.3) is 0 Å². The van der Waals surface area contributed by atoms with Crippen LogP contribution in [-0.4, -0.2) is 50.5 Å². The highest BCUT2D eigenvalue weighted by molar-refractivity contribution is 7.92. The maximum atomic E-state index is 14.0. The minimum Gasteiger partial charge on any atom is -0.354 e. The molecule has 0 spiro atoms. The number of halogens is 1. The van der Waals surface area contributed by atoms with Crippen molar-refractivity contribution in [2.45, 2.75) is 45.7 Å². The van der Waals surface area contributed by atoms with Crippen molar-refractivity contribution in [1.82, 2.24) is 10.2 Å². The third kappa shape index (κ3) is 8.83. The Morgan fingerprint density at radius 3 is 2.18 bits per heavy atom. The quantitative estimate of drug-likeness (QED) is 0.294. The molecular weight excluding hydrogens is 534 g/mol. The minimum atomic E-state index is -3.87. The van der Waals surface area contributed by atoms with Crippen molar-refractivity contribution in [3.63, 3.8) is 0 Å². The van der Waals surface area contributed by atoms with Crippen LogP contribution in [0.15, 0.2) is 78.9 Å². The van der Waals surface area contributed by atoms with Gasteiger partial charge < -0.3 is 10.2 Å². The summed E-state index contributed by atoms with van der Waals surface area (Å²) in [4.78, 5) is 29.1. The number of carbonyl (C=O) groups is 2. The van der Waals surface area contributed by atoms with Crippen LogP contribution in [0.5, 0.6) is 0 Å². The first-order valence-corrected chi connectivity index (χ1v) is 15.2. The van der Waals surface area contributed by atoms with Crippen molar-refractivity contribution in [2.24, 2.45) is 0 Å². The number of amides is 2. The lowest BCUT2D eigenvalue weighted by molar-refractivity contribution is -0.140. The summed E-state index contributed by atoms with van der Waals surface area (Å²) in [7, 11) is -3.87. The first kappa shape index (κ1) is 30.2. The van der Waals surface area contributed by atoms with Crippen LogP contribution in [0.1, 0.15) is 36.5 Å². The molecule has 3 aromatic carbocycles. The predicted octanol–water partition coefficient (Wildman–Crippen LogP) is 4.97. The van der Waals surface area contributed by atoms with Gasteiger partial charge in [-0.1, -0.05) is 97.2 Å². The van der Waals surface area contributed by atoms with Crippen LogP contribution in [0.4, 0.5) is 5.69 Å². The second kappa shape index (κ2) is 14.1. The van der Waals surface area contributed by atoms with Crippen LogP contribution in [0.2, 0.25) is 5.02 Å². The third-order valence-electron chi connectivity index (χ3n) is 6.37. The van der Waals surface area contributed by atoms with E-state index in [1.165, 1.54) is 4.90 Å². The molecule has 0 bridgehead atoms. The Morgan fingerprint density at radius 2 is 1.56 bits per heavy atom. The topological polar surface area (TPSA) is 86.8 Å². The van der Waals surface area contributed by atoms with E-state index in [1.807, 2.05) is 68.4 Å². The van der Waals surface area contributed by atoms with E-state index in [9.17, 15) is 18.0 Å². The Hall–Kier alpha value is -3.36. The summed E-state index contributed by atoms with van der Waals surface area (Å²) in [5, 5.41) is 3.18. The zero-order valence-corrected chi connectivity index (χ0v) is 24.2. The Balaban J connectivity index is 2.03. The van der Waals surface area contributed by atoms with Gasteiger partial charge in [-0.25, -0.2) is 8.42 Å². The van der Waals surface area contributed by atoms with Crippen LogP contribution < -0.4 is 9.62 Å². The first-order valence-electron chi connectivity index (χ1n) is 13.0. The molecule has 0 aliphatic heterocycles. The molecule has 0 saturated carbocycles. The number of para-hydroxylation sites is 1. The average molecular weight is 570 g/mol. The van der Waals surface area contributed by atoms with Crippen LogP contribution in [-0.2, 0) is 32.6 Å². The lowest BCUT2D eigenvalue weighted by atomic mass is 10.0. The monoisotopic (exact) mass is 569 g/mol. The molecule has 7 nitrogen and oxygen atoms in total. The Labute approximate surface area is 236 Å². The number of nitrogens with zero attached hydrogens (tertiary/aromatic N) is 2. The number of aryl methyl sites for hydroxylation is 1. The second-order valence-corrected chi connectivity index (χ2v) is 11.9. The zero-order valence-electron chi connectivity index (χ0n) is 22.6. The highest BCUT2D eigenvalue weighted by atomic mass is 35.5. The summed E-state index contributed by atoms with van der Waals surface area (Å²) in [6.07, 6.45) is 3.04. The van der Waals surface area contributed by atoms with Gasteiger partial charge in [-0.15, -0.1) is 0 Å². The maximum absolute atomic E-state index is 14.0. The van der Waals surface area contributed by atoms with Gasteiger partial charge >= 0.3 is 0 Å². The predicted molar refractivity (Wildman–Crippen MR) is 157 cm³/mol. The van der Waals surface area contributed by atoms with Crippen LogP contribution in [0, 0.1) is 6.92 Å². The van der Waals surface area contributed by atoms with E-state index >= 15 is 0 Å². The van der Waals surface area contributed by atoms with Gasteiger partial charge in [-0.05, 0) is 36.6 Å².